The first-order chi connectivity index (χ1) is 10.8. The second-order valence-corrected chi connectivity index (χ2v) is 4.87. The van der Waals surface area contributed by atoms with Crippen LogP contribution < -0.4 is 4.65 Å². The van der Waals surface area contributed by atoms with Crippen LogP contribution in [0.2, 0.25) is 0 Å². The largest absolute Gasteiger partial charge is 0.537 e. The highest BCUT2D eigenvalue weighted by molar-refractivity contribution is 6.17. The smallest absolute Gasteiger partial charge is 0.504 e. The summed E-state index contributed by atoms with van der Waals surface area (Å²) in [4.78, 5) is 0. The summed E-state index contributed by atoms with van der Waals surface area (Å²) < 4.78 is 18.5. The highest BCUT2D eigenvalue weighted by Crippen LogP contribution is 2.29. The van der Waals surface area contributed by atoms with Crippen molar-refractivity contribution in [3.05, 3.63) is 78.6 Å². The fourth-order valence-corrected chi connectivity index (χ4v) is 2.37. The third-order valence-electron chi connectivity index (χ3n) is 3.45. The van der Waals surface area contributed by atoms with E-state index in [-0.39, 0.29) is 5.75 Å². The third-order valence-corrected chi connectivity index (χ3v) is 3.45. The van der Waals surface area contributed by atoms with Crippen molar-refractivity contribution in [2.75, 3.05) is 0 Å². The van der Waals surface area contributed by atoms with Crippen LogP contribution in [0, 0.1) is 5.82 Å². The second-order valence-electron chi connectivity index (χ2n) is 4.87. The number of benzene rings is 3. The molecule has 0 spiro atoms. The lowest BCUT2D eigenvalue weighted by molar-refractivity contribution is 0.432. The summed E-state index contributed by atoms with van der Waals surface area (Å²) >= 11 is 0. The highest BCUT2D eigenvalue weighted by atomic mass is 19.1. The highest BCUT2D eigenvalue weighted by Gasteiger charge is 2.07. The monoisotopic (exact) mass is 292 g/mol. The van der Waals surface area contributed by atoms with Gasteiger partial charge in [0.1, 0.15) is 5.75 Å². The van der Waals surface area contributed by atoms with Gasteiger partial charge < -0.3 is 9.68 Å². The van der Waals surface area contributed by atoms with E-state index in [2.05, 4.69) is 0 Å². The third kappa shape index (κ3) is 3.02. The molecule has 0 aromatic heterocycles. The fourth-order valence-electron chi connectivity index (χ4n) is 2.37. The molecule has 0 aliphatic rings. The molecule has 108 valence electrons. The van der Waals surface area contributed by atoms with E-state index in [4.69, 9.17) is 9.68 Å². The minimum atomic E-state index is -0.551. The number of rotatable bonds is 4. The average molecular weight is 292 g/mol. The SMILES string of the molecule is OBOc1cc(-c2cccc(-c3ccccc3)c2)ccc1F. The molecule has 0 aliphatic carbocycles. The van der Waals surface area contributed by atoms with Gasteiger partial charge in [0.25, 0.3) is 0 Å². The van der Waals surface area contributed by atoms with Crippen molar-refractivity contribution in [1.29, 1.82) is 0 Å². The first-order valence-corrected chi connectivity index (χ1v) is 6.97. The van der Waals surface area contributed by atoms with Crippen LogP contribution in [0.3, 0.4) is 0 Å². The van der Waals surface area contributed by atoms with Crippen molar-refractivity contribution in [3.8, 4) is 28.0 Å². The van der Waals surface area contributed by atoms with Crippen LogP contribution in [-0.4, -0.2) is 12.7 Å². The summed E-state index contributed by atoms with van der Waals surface area (Å²) in [6.07, 6.45) is 0. The number of hydrogen-bond acceptors (Lipinski definition) is 2. The molecule has 0 aliphatic heterocycles. The Morgan fingerprint density at radius 3 is 2.09 bits per heavy atom. The van der Waals surface area contributed by atoms with Gasteiger partial charge in [-0.1, -0.05) is 54.6 Å². The molecule has 3 aromatic carbocycles. The van der Waals surface area contributed by atoms with Crippen molar-refractivity contribution in [2.24, 2.45) is 0 Å². The summed E-state index contributed by atoms with van der Waals surface area (Å²) in [7, 11) is -0.551. The predicted molar refractivity (Wildman–Crippen MR) is 87.3 cm³/mol. The molecule has 0 heterocycles. The van der Waals surface area contributed by atoms with Crippen molar-refractivity contribution in [1.82, 2.24) is 0 Å². The van der Waals surface area contributed by atoms with Crippen LogP contribution in [0.1, 0.15) is 0 Å². The topological polar surface area (TPSA) is 29.5 Å². The fraction of sp³-hybridized carbons (Fsp3) is 0. The van der Waals surface area contributed by atoms with Crippen LogP contribution in [0.15, 0.2) is 72.8 Å². The number of halogens is 1. The van der Waals surface area contributed by atoms with Gasteiger partial charge in [-0.2, -0.15) is 0 Å². The molecule has 0 unspecified atom stereocenters. The van der Waals surface area contributed by atoms with E-state index in [1.807, 2.05) is 54.6 Å². The Hall–Kier alpha value is -2.59. The summed E-state index contributed by atoms with van der Waals surface area (Å²) in [6, 6.07) is 22.7. The van der Waals surface area contributed by atoms with Crippen molar-refractivity contribution in [3.63, 3.8) is 0 Å². The molecule has 22 heavy (non-hydrogen) atoms. The summed E-state index contributed by atoms with van der Waals surface area (Å²) in [6.45, 7) is 0. The van der Waals surface area contributed by atoms with E-state index in [0.29, 0.717) is 0 Å². The van der Waals surface area contributed by atoms with Gasteiger partial charge >= 0.3 is 7.69 Å². The summed E-state index contributed by atoms with van der Waals surface area (Å²) in [5.74, 6) is -0.442. The lowest BCUT2D eigenvalue weighted by Crippen LogP contribution is -2.01. The minimum Gasteiger partial charge on any atom is -0.537 e. The van der Waals surface area contributed by atoms with Gasteiger partial charge in [-0.25, -0.2) is 4.39 Å². The van der Waals surface area contributed by atoms with E-state index < -0.39 is 13.5 Å². The Morgan fingerprint density at radius 2 is 1.36 bits per heavy atom. The lowest BCUT2D eigenvalue weighted by atomic mass is 9.99. The molecule has 1 N–H and O–H groups in total. The first-order valence-electron chi connectivity index (χ1n) is 6.97. The molecule has 3 aromatic rings. The Bertz CT molecular complexity index is 775. The van der Waals surface area contributed by atoms with Crippen LogP contribution in [0.4, 0.5) is 4.39 Å². The maximum Gasteiger partial charge on any atom is 0.504 e. The Labute approximate surface area is 129 Å². The zero-order valence-corrected chi connectivity index (χ0v) is 11.9. The molecule has 0 amide bonds. The Kier molecular flexibility index (Phi) is 4.21. The van der Waals surface area contributed by atoms with E-state index in [0.717, 1.165) is 22.3 Å². The van der Waals surface area contributed by atoms with Gasteiger partial charge in [-0.3, -0.25) is 0 Å². The van der Waals surface area contributed by atoms with Crippen molar-refractivity contribution < 1.29 is 14.1 Å². The van der Waals surface area contributed by atoms with Gasteiger partial charge in [-0.05, 0) is 40.5 Å². The molecule has 0 saturated carbocycles. The maximum absolute atomic E-state index is 13.6. The van der Waals surface area contributed by atoms with E-state index in [9.17, 15) is 4.39 Å². The molecular formula is C18H14BFO2. The van der Waals surface area contributed by atoms with E-state index in [1.165, 1.54) is 6.07 Å². The van der Waals surface area contributed by atoms with E-state index >= 15 is 0 Å². The Morgan fingerprint density at radius 1 is 0.727 bits per heavy atom. The molecule has 4 heteroatoms. The molecule has 0 radical (unpaired) electrons. The van der Waals surface area contributed by atoms with Gasteiger partial charge in [0.05, 0.1) is 0 Å². The molecule has 3 rings (SSSR count). The normalized spacial score (nSPS) is 10.3. The molecule has 0 fully saturated rings. The maximum atomic E-state index is 13.6. The lowest BCUT2D eigenvalue weighted by Gasteiger charge is -2.09. The minimum absolute atomic E-state index is 0.0464. The van der Waals surface area contributed by atoms with Crippen LogP contribution >= 0.6 is 0 Å². The molecule has 0 saturated heterocycles. The van der Waals surface area contributed by atoms with Crippen LogP contribution in [-0.2, 0) is 0 Å². The van der Waals surface area contributed by atoms with E-state index in [1.54, 1.807) is 12.1 Å². The summed E-state index contributed by atoms with van der Waals surface area (Å²) in [5, 5.41) is 8.81. The van der Waals surface area contributed by atoms with Crippen LogP contribution in [0.25, 0.3) is 22.3 Å². The zero-order chi connectivity index (χ0) is 15.4. The first kappa shape index (κ1) is 14.4. The van der Waals surface area contributed by atoms with Gasteiger partial charge in [0.15, 0.2) is 5.82 Å². The van der Waals surface area contributed by atoms with Gasteiger partial charge in [-0.15, -0.1) is 0 Å². The van der Waals surface area contributed by atoms with Crippen molar-refractivity contribution in [2.45, 2.75) is 0 Å². The second kappa shape index (κ2) is 6.45. The molecule has 0 atom stereocenters. The van der Waals surface area contributed by atoms with Crippen LogP contribution in [0.5, 0.6) is 5.75 Å². The molecule has 0 bridgehead atoms. The van der Waals surface area contributed by atoms with Gasteiger partial charge in [0.2, 0.25) is 0 Å². The average Bonchev–Trinajstić information content (AvgIpc) is 2.58. The summed E-state index contributed by atoms with van der Waals surface area (Å²) in [5.41, 5.74) is 4.01. The zero-order valence-electron chi connectivity index (χ0n) is 11.9. The van der Waals surface area contributed by atoms with Gasteiger partial charge in [0, 0.05) is 0 Å². The molecule has 2 nitrogen and oxygen atoms in total. The van der Waals surface area contributed by atoms with Crippen molar-refractivity contribution >= 4 is 7.69 Å². The quantitative estimate of drug-likeness (QED) is 0.741. The number of hydrogen-bond donors (Lipinski definition) is 1. The predicted octanol–water partition coefficient (Wildman–Crippen LogP) is 3.80. The standard InChI is InChI=1S/C18H14BFO2/c20-17-10-9-16(12-18(17)22-19-21)15-8-4-7-14(11-15)13-5-2-1-3-6-13/h1-12,19,21H. The molecular weight excluding hydrogens is 278 g/mol. The Balaban J connectivity index is 2.01.